The Labute approximate surface area is 167 Å². The zero-order chi connectivity index (χ0) is 19.7. The monoisotopic (exact) mass is 383 g/mol. The molecule has 0 bridgehead atoms. The maximum Gasteiger partial charge on any atom is 0.223 e. The molecule has 0 unspecified atom stereocenters. The normalized spacial score (nSPS) is 17.8. The Kier molecular flexibility index (Phi) is 5.56. The first-order valence-electron chi connectivity index (χ1n) is 10.9. The Bertz CT molecular complexity index is 843. The summed E-state index contributed by atoms with van der Waals surface area (Å²) < 4.78 is 4.25. The molecular weight excluding hydrogens is 350 g/mol. The molecule has 0 saturated heterocycles. The van der Waals surface area contributed by atoms with Gasteiger partial charge >= 0.3 is 0 Å². The zero-order valence-corrected chi connectivity index (χ0v) is 17.6. The van der Waals surface area contributed by atoms with Crippen molar-refractivity contribution < 1.29 is 4.79 Å². The highest BCUT2D eigenvalue weighted by atomic mass is 16.2. The van der Waals surface area contributed by atoms with E-state index in [-0.39, 0.29) is 0 Å². The van der Waals surface area contributed by atoms with E-state index in [9.17, 15) is 4.79 Å². The summed E-state index contributed by atoms with van der Waals surface area (Å²) in [5, 5.41) is 4.82. The quantitative estimate of drug-likeness (QED) is 0.788. The number of rotatable bonds is 5. The van der Waals surface area contributed by atoms with Crippen LogP contribution in [-0.2, 0) is 31.4 Å². The summed E-state index contributed by atoms with van der Waals surface area (Å²) in [5.41, 5.74) is 4.56. The van der Waals surface area contributed by atoms with Crippen LogP contribution in [0, 0.1) is 12.8 Å². The van der Waals surface area contributed by atoms with Gasteiger partial charge in [0.05, 0.1) is 0 Å². The molecular formula is C22H33N5O. The Morgan fingerprint density at radius 1 is 1.25 bits per heavy atom. The summed E-state index contributed by atoms with van der Waals surface area (Å²) in [6, 6.07) is 0. The largest absolute Gasteiger partial charge is 0.338 e. The fourth-order valence-electron chi connectivity index (χ4n) is 4.91. The summed E-state index contributed by atoms with van der Waals surface area (Å²) in [7, 11) is 2.02. The SMILES string of the molecule is CCCn1c(C)cnc1-c1nn(C)c2c1CN(C(=O)CC1CCCCC1)CC2. The number of carbonyl (C=O) groups excluding carboxylic acids is 1. The highest BCUT2D eigenvalue weighted by Crippen LogP contribution is 2.32. The summed E-state index contributed by atoms with van der Waals surface area (Å²) in [5.74, 6) is 1.85. The van der Waals surface area contributed by atoms with E-state index < -0.39 is 0 Å². The fraction of sp³-hybridized carbons (Fsp3) is 0.682. The van der Waals surface area contributed by atoms with Gasteiger partial charge in [-0.05, 0) is 32.1 Å². The summed E-state index contributed by atoms with van der Waals surface area (Å²) in [6.45, 7) is 6.70. The molecule has 4 rings (SSSR count). The molecule has 28 heavy (non-hydrogen) atoms. The predicted octanol–water partition coefficient (Wildman–Crippen LogP) is 3.86. The van der Waals surface area contributed by atoms with Crippen LogP contribution in [0.3, 0.4) is 0 Å². The van der Waals surface area contributed by atoms with Crippen LogP contribution in [0.4, 0.5) is 0 Å². The lowest BCUT2D eigenvalue weighted by Crippen LogP contribution is -2.37. The van der Waals surface area contributed by atoms with Gasteiger partial charge in [0.25, 0.3) is 0 Å². The van der Waals surface area contributed by atoms with Crippen LogP contribution in [0.5, 0.6) is 0 Å². The molecule has 1 aliphatic carbocycles. The summed E-state index contributed by atoms with van der Waals surface area (Å²) in [6.07, 6.45) is 10.9. The molecule has 6 heteroatoms. The molecule has 2 aromatic rings. The first kappa shape index (κ1) is 19.2. The smallest absolute Gasteiger partial charge is 0.223 e. The first-order chi connectivity index (χ1) is 13.6. The maximum atomic E-state index is 13.0. The standard InChI is InChI=1S/C22H33N5O/c1-4-11-27-16(2)14-23-22(27)21-18-15-26(12-10-19(18)25(3)24-21)20(28)13-17-8-6-5-7-9-17/h14,17H,4-13,15H2,1-3H3. The van der Waals surface area contributed by atoms with Crippen molar-refractivity contribution in [3.63, 3.8) is 0 Å². The van der Waals surface area contributed by atoms with Crippen molar-refractivity contribution in [2.45, 2.75) is 78.3 Å². The van der Waals surface area contributed by atoms with Crippen molar-refractivity contribution in [1.82, 2.24) is 24.2 Å². The van der Waals surface area contributed by atoms with Gasteiger partial charge in [-0.15, -0.1) is 0 Å². The second-order valence-corrected chi connectivity index (χ2v) is 8.55. The Hall–Kier alpha value is -2.11. The van der Waals surface area contributed by atoms with E-state index in [1.54, 1.807) is 0 Å². The highest BCUT2D eigenvalue weighted by Gasteiger charge is 2.30. The average Bonchev–Trinajstić information content (AvgIpc) is 3.22. The molecule has 6 nitrogen and oxygen atoms in total. The van der Waals surface area contributed by atoms with Gasteiger partial charge in [0.15, 0.2) is 5.82 Å². The molecule has 0 atom stereocenters. The van der Waals surface area contributed by atoms with Crippen LogP contribution in [0.25, 0.3) is 11.5 Å². The molecule has 0 N–H and O–H groups in total. The van der Waals surface area contributed by atoms with Gasteiger partial charge in [-0.3, -0.25) is 9.48 Å². The molecule has 2 aliphatic rings. The fourth-order valence-corrected chi connectivity index (χ4v) is 4.91. The Balaban J connectivity index is 1.57. The lowest BCUT2D eigenvalue weighted by atomic mass is 9.86. The van der Waals surface area contributed by atoms with Crippen LogP contribution >= 0.6 is 0 Å². The number of aromatic nitrogens is 4. The molecule has 1 amide bonds. The number of aryl methyl sites for hydroxylation is 2. The maximum absolute atomic E-state index is 13.0. The van der Waals surface area contributed by atoms with Gasteiger partial charge < -0.3 is 9.47 Å². The molecule has 0 spiro atoms. The average molecular weight is 384 g/mol. The molecule has 1 fully saturated rings. The lowest BCUT2D eigenvalue weighted by molar-refractivity contribution is -0.133. The number of nitrogens with zero attached hydrogens (tertiary/aromatic N) is 5. The number of hydrogen-bond acceptors (Lipinski definition) is 3. The van der Waals surface area contributed by atoms with Crippen LogP contribution in [-0.4, -0.2) is 36.7 Å². The van der Waals surface area contributed by atoms with E-state index in [2.05, 4.69) is 28.3 Å². The van der Waals surface area contributed by atoms with Crippen LogP contribution in [0.2, 0.25) is 0 Å². The van der Waals surface area contributed by atoms with Gasteiger partial charge in [-0.1, -0.05) is 26.2 Å². The van der Waals surface area contributed by atoms with E-state index in [0.29, 0.717) is 24.8 Å². The lowest BCUT2D eigenvalue weighted by Gasteiger charge is -2.30. The van der Waals surface area contributed by atoms with E-state index in [0.717, 1.165) is 43.1 Å². The van der Waals surface area contributed by atoms with E-state index in [1.165, 1.54) is 43.4 Å². The van der Waals surface area contributed by atoms with Crippen LogP contribution < -0.4 is 0 Å². The molecule has 152 valence electrons. The van der Waals surface area contributed by atoms with E-state index >= 15 is 0 Å². The van der Waals surface area contributed by atoms with Crippen LogP contribution in [0.1, 0.15) is 68.8 Å². The third-order valence-electron chi connectivity index (χ3n) is 6.50. The second-order valence-electron chi connectivity index (χ2n) is 8.55. The minimum Gasteiger partial charge on any atom is -0.338 e. The van der Waals surface area contributed by atoms with Gasteiger partial charge in [-0.25, -0.2) is 4.98 Å². The van der Waals surface area contributed by atoms with Crippen molar-refractivity contribution in [3.8, 4) is 11.5 Å². The van der Waals surface area contributed by atoms with Crippen molar-refractivity contribution in [2.75, 3.05) is 6.54 Å². The molecule has 2 aromatic heterocycles. The molecule has 0 aromatic carbocycles. The molecule has 3 heterocycles. The third-order valence-corrected chi connectivity index (χ3v) is 6.50. The first-order valence-corrected chi connectivity index (χ1v) is 10.9. The topological polar surface area (TPSA) is 56.0 Å². The summed E-state index contributed by atoms with van der Waals surface area (Å²) in [4.78, 5) is 19.7. The van der Waals surface area contributed by atoms with Crippen LogP contribution in [0.15, 0.2) is 6.20 Å². The number of imidazole rings is 1. The van der Waals surface area contributed by atoms with E-state index in [1.807, 2.05) is 17.9 Å². The Morgan fingerprint density at radius 2 is 2.04 bits per heavy atom. The van der Waals surface area contributed by atoms with Gasteiger partial charge in [0.1, 0.15) is 5.69 Å². The summed E-state index contributed by atoms with van der Waals surface area (Å²) >= 11 is 0. The van der Waals surface area contributed by atoms with Gasteiger partial charge in [-0.2, -0.15) is 5.10 Å². The Morgan fingerprint density at radius 3 is 2.79 bits per heavy atom. The predicted molar refractivity (Wildman–Crippen MR) is 110 cm³/mol. The van der Waals surface area contributed by atoms with Gasteiger partial charge in [0.2, 0.25) is 5.91 Å². The van der Waals surface area contributed by atoms with Crippen molar-refractivity contribution in [2.24, 2.45) is 13.0 Å². The van der Waals surface area contributed by atoms with Crippen molar-refractivity contribution >= 4 is 5.91 Å². The number of carbonyl (C=O) groups is 1. The highest BCUT2D eigenvalue weighted by molar-refractivity contribution is 5.77. The van der Waals surface area contributed by atoms with Crippen molar-refractivity contribution in [3.05, 3.63) is 23.1 Å². The zero-order valence-electron chi connectivity index (χ0n) is 17.6. The van der Waals surface area contributed by atoms with Gasteiger partial charge in [0, 0.05) is 62.7 Å². The number of hydrogen-bond donors (Lipinski definition) is 0. The number of fused-ring (bicyclic) bond motifs is 1. The van der Waals surface area contributed by atoms with E-state index in [4.69, 9.17) is 5.10 Å². The second kappa shape index (κ2) is 8.10. The molecule has 0 radical (unpaired) electrons. The molecule has 1 saturated carbocycles. The third kappa shape index (κ3) is 3.61. The minimum absolute atomic E-state index is 0.320. The molecule has 1 aliphatic heterocycles. The van der Waals surface area contributed by atoms with Crippen molar-refractivity contribution in [1.29, 1.82) is 0 Å². The minimum atomic E-state index is 0.320. The number of amides is 1.